The molecule has 2 atom stereocenters. The molecule has 0 amide bonds. The highest BCUT2D eigenvalue weighted by Crippen LogP contribution is 2.36. The average Bonchev–Trinajstić information content (AvgIpc) is 3.51. The number of H-pyrrole nitrogens is 1. The lowest BCUT2D eigenvalue weighted by Gasteiger charge is -2.21. The highest BCUT2D eigenvalue weighted by Gasteiger charge is 2.41. The molecular formula is C25H22F6N6S. The molecule has 4 aromatic rings. The predicted molar refractivity (Wildman–Crippen MR) is 132 cm³/mol. The van der Waals surface area contributed by atoms with Crippen molar-refractivity contribution >= 4 is 38.3 Å². The number of hydrogen-bond donors (Lipinski definition) is 2. The van der Waals surface area contributed by atoms with Crippen LogP contribution < -0.4 is 5.32 Å². The Labute approximate surface area is 217 Å². The van der Waals surface area contributed by atoms with Gasteiger partial charge in [-0.05, 0) is 36.2 Å². The summed E-state index contributed by atoms with van der Waals surface area (Å²) in [5.41, 5.74) is 3.12. The molecule has 1 fully saturated rings. The third-order valence-corrected chi connectivity index (χ3v) is 7.83. The minimum absolute atomic E-state index is 0.0612. The molecule has 0 aliphatic carbocycles. The number of anilines is 1. The van der Waals surface area contributed by atoms with E-state index in [-0.39, 0.29) is 17.2 Å². The maximum Gasteiger partial charge on any atom is 0.393 e. The molecule has 13 heteroatoms. The van der Waals surface area contributed by atoms with Gasteiger partial charge in [-0.2, -0.15) is 31.6 Å². The van der Waals surface area contributed by atoms with Crippen LogP contribution >= 0.6 is 11.3 Å². The van der Waals surface area contributed by atoms with Crippen LogP contribution in [0.25, 0.3) is 21.1 Å². The van der Waals surface area contributed by atoms with Crippen molar-refractivity contribution < 1.29 is 26.3 Å². The molecule has 200 valence electrons. The Hall–Kier alpha value is -3.37. The van der Waals surface area contributed by atoms with E-state index < -0.39 is 37.2 Å². The molecule has 0 radical (unpaired) electrons. The first-order valence-corrected chi connectivity index (χ1v) is 12.6. The van der Waals surface area contributed by atoms with Gasteiger partial charge in [0.05, 0.1) is 11.8 Å². The Kier molecular flexibility index (Phi) is 6.73. The second-order valence-corrected chi connectivity index (χ2v) is 10.7. The lowest BCUT2D eigenvalue weighted by molar-refractivity contribution is -0.144. The van der Waals surface area contributed by atoms with Crippen molar-refractivity contribution in [2.24, 2.45) is 5.92 Å². The zero-order chi connectivity index (χ0) is 27.2. The first-order chi connectivity index (χ1) is 17.9. The van der Waals surface area contributed by atoms with Crippen molar-refractivity contribution in [3.63, 3.8) is 0 Å². The van der Waals surface area contributed by atoms with E-state index in [2.05, 4.69) is 26.3 Å². The van der Waals surface area contributed by atoms with Crippen molar-refractivity contribution in [3.05, 3.63) is 52.3 Å². The van der Waals surface area contributed by atoms with Crippen LogP contribution in [0, 0.1) is 24.2 Å². The van der Waals surface area contributed by atoms with Gasteiger partial charge in [0.25, 0.3) is 0 Å². The number of thiophene rings is 1. The second kappa shape index (κ2) is 9.74. The van der Waals surface area contributed by atoms with Gasteiger partial charge in [-0.25, -0.2) is 9.97 Å². The van der Waals surface area contributed by atoms with Crippen LogP contribution in [0.5, 0.6) is 0 Å². The van der Waals surface area contributed by atoms with E-state index in [1.54, 1.807) is 6.07 Å². The summed E-state index contributed by atoms with van der Waals surface area (Å²) in [6, 6.07) is 8.31. The summed E-state index contributed by atoms with van der Waals surface area (Å²) < 4.78 is 79.0. The molecular weight excluding hydrogens is 530 g/mol. The average molecular weight is 553 g/mol. The molecule has 5 rings (SSSR count). The molecule has 0 bridgehead atoms. The minimum Gasteiger partial charge on any atom is -0.365 e. The highest BCUT2D eigenvalue weighted by molar-refractivity contribution is 7.18. The van der Waals surface area contributed by atoms with Crippen LogP contribution in [-0.2, 0) is 13.0 Å². The molecule has 6 nitrogen and oxygen atoms in total. The molecule has 1 aromatic carbocycles. The van der Waals surface area contributed by atoms with Gasteiger partial charge in [-0.1, -0.05) is 6.07 Å². The molecule has 2 N–H and O–H groups in total. The van der Waals surface area contributed by atoms with E-state index in [4.69, 9.17) is 0 Å². The van der Waals surface area contributed by atoms with Gasteiger partial charge >= 0.3 is 12.4 Å². The van der Waals surface area contributed by atoms with Crippen LogP contribution in [0.1, 0.15) is 28.1 Å². The second-order valence-electron chi connectivity index (χ2n) is 9.58. The normalized spacial score (nSPS) is 18.9. The Morgan fingerprint density at radius 1 is 1.11 bits per heavy atom. The van der Waals surface area contributed by atoms with Gasteiger partial charge in [0.1, 0.15) is 28.7 Å². The number of benzene rings is 1. The summed E-state index contributed by atoms with van der Waals surface area (Å²) in [4.78, 5) is 13.6. The highest BCUT2D eigenvalue weighted by atomic mass is 32.1. The Bertz CT molecular complexity index is 1520. The largest absolute Gasteiger partial charge is 0.393 e. The van der Waals surface area contributed by atoms with Gasteiger partial charge < -0.3 is 10.3 Å². The molecule has 4 heterocycles. The van der Waals surface area contributed by atoms with Crippen molar-refractivity contribution in [1.82, 2.24) is 19.9 Å². The van der Waals surface area contributed by atoms with Crippen LogP contribution in [0.15, 0.2) is 30.6 Å². The summed E-state index contributed by atoms with van der Waals surface area (Å²) in [6.45, 7) is 2.80. The minimum atomic E-state index is -4.39. The van der Waals surface area contributed by atoms with Crippen LogP contribution in [-0.4, -0.2) is 51.3 Å². The standard InChI is InChI=1S/C25H22F6N6S/c1-13-14(2-3-20-18(13)4-16(8-32)35-20)9-37-10-15(6-24(26,27)28)21(11-37)36-22-19-5-17(7-25(29,30)31)38-23(19)34-12-33-22/h2-5,12,15,21,35H,6-7,9-11H2,1H3,(H,33,34,36). The lowest BCUT2D eigenvalue weighted by Crippen LogP contribution is -2.32. The third-order valence-electron chi connectivity index (χ3n) is 6.79. The van der Waals surface area contributed by atoms with Gasteiger partial charge in [0.15, 0.2) is 0 Å². The lowest BCUT2D eigenvalue weighted by atomic mass is 9.99. The monoisotopic (exact) mass is 552 g/mol. The van der Waals surface area contributed by atoms with Crippen molar-refractivity contribution in [2.75, 3.05) is 18.4 Å². The Morgan fingerprint density at radius 3 is 2.61 bits per heavy atom. The summed E-state index contributed by atoms with van der Waals surface area (Å²) in [5.74, 6) is -0.553. The molecule has 1 aliphatic rings. The van der Waals surface area contributed by atoms with Gasteiger partial charge in [-0.3, -0.25) is 4.90 Å². The summed E-state index contributed by atoms with van der Waals surface area (Å²) in [7, 11) is 0. The number of aryl methyl sites for hydroxylation is 1. The number of alkyl halides is 6. The van der Waals surface area contributed by atoms with E-state index in [9.17, 15) is 31.6 Å². The first kappa shape index (κ1) is 26.2. The van der Waals surface area contributed by atoms with Crippen LogP contribution in [0.3, 0.4) is 0 Å². The van der Waals surface area contributed by atoms with Gasteiger partial charge in [0.2, 0.25) is 0 Å². The smallest absolute Gasteiger partial charge is 0.365 e. The number of nitrogens with one attached hydrogen (secondary N) is 2. The van der Waals surface area contributed by atoms with E-state index in [1.807, 2.05) is 24.0 Å². The molecule has 38 heavy (non-hydrogen) atoms. The topological polar surface area (TPSA) is 80.6 Å². The summed E-state index contributed by atoms with van der Waals surface area (Å²) >= 11 is 0.891. The fourth-order valence-electron chi connectivity index (χ4n) is 5.10. The molecule has 0 saturated carbocycles. The maximum atomic E-state index is 13.5. The van der Waals surface area contributed by atoms with Crippen molar-refractivity contribution in [3.8, 4) is 6.07 Å². The number of rotatable bonds is 6. The van der Waals surface area contributed by atoms with Gasteiger partial charge in [0, 0.05) is 53.8 Å². The van der Waals surface area contributed by atoms with Crippen LogP contribution in [0.2, 0.25) is 0 Å². The van der Waals surface area contributed by atoms with E-state index in [0.29, 0.717) is 29.0 Å². The summed E-state index contributed by atoms with van der Waals surface area (Å²) in [6.07, 6.45) is -9.67. The zero-order valence-electron chi connectivity index (χ0n) is 20.0. The molecule has 1 saturated heterocycles. The molecule has 0 spiro atoms. The van der Waals surface area contributed by atoms with Crippen LogP contribution in [0.4, 0.5) is 32.2 Å². The number of nitrogens with zero attached hydrogens (tertiary/aromatic N) is 4. The molecule has 2 unspecified atom stereocenters. The number of aromatic nitrogens is 3. The van der Waals surface area contributed by atoms with Crippen molar-refractivity contribution in [2.45, 2.75) is 44.7 Å². The number of aromatic amines is 1. The predicted octanol–water partition coefficient (Wildman–Crippen LogP) is 6.32. The number of fused-ring (bicyclic) bond motifs is 2. The molecule has 3 aromatic heterocycles. The van der Waals surface area contributed by atoms with Gasteiger partial charge in [-0.15, -0.1) is 11.3 Å². The first-order valence-electron chi connectivity index (χ1n) is 11.8. The number of likely N-dealkylation sites (tertiary alicyclic amines) is 1. The number of halogens is 6. The SMILES string of the molecule is Cc1c(CN2CC(CC(F)(F)F)C(Nc3ncnc4sc(CC(F)(F)F)cc34)C2)ccc2[nH]c(C#N)cc12. The number of nitriles is 1. The third kappa shape index (κ3) is 5.71. The fourth-order valence-corrected chi connectivity index (χ4v) is 6.13. The summed E-state index contributed by atoms with van der Waals surface area (Å²) in [5, 5.41) is 13.5. The van der Waals surface area contributed by atoms with E-state index >= 15 is 0 Å². The fraction of sp³-hybridized carbons (Fsp3) is 0.400. The quantitative estimate of drug-likeness (QED) is 0.274. The van der Waals surface area contributed by atoms with E-state index in [1.165, 1.54) is 12.4 Å². The Morgan fingerprint density at radius 2 is 1.89 bits per heavy atom. The molecule has 1 aliphatic heterocycles. The van der Waals surface area contributed by atoms with E-state index in [0.717, 1.165) is 33.4 Å². The maximum absolute atomic E-state index is 13.5. The number of hydrogen-bond acceptors (Lipinski definition) is 6. The van der Waals surface area contributed by atoms with Crippen molar-refractivity contribution in [1.29, 1.82) is 5.26 Å². The Balaban J connectivity index is 1.39. The zero-order valence-corrected chi connectivity index (χ0v) is 20.9.